The minimum absolute atomic E-state index is 0.466. The molecule has 0 unspecified atom stereocenters. The van der Waals surface area contributed by atoms with Crippen LogP contribution in [0.4, 0.5) is 6.01 Å². The molecule has 5 nitrogen and oxygen atoms in total. The third-order valence-corrected chi connectivity index (χ3v) is 5.60. The molecule has 1 N–H and O–H groups in total. The van der Waals surface area contributed by atoms with E-state index in [1.165, 1.54) is 16.8 Å². The Morgan fingerprint density at radius 2 is 2.07 bits per heavy atom. The molecule has 0 saturated heterocycles. The van der Waals surface area contributed by atoms with Gasteiger partial charge in [0, 0.05) is 34.8 Å². The Morgan fingerprint density at radius 1 is 1.18 bits per heavy atom. The standard InChI is InChI=1S/C22H21ClN4O/c1-13(2)14-6-7-20-19(11-14)24-22(28-20)27-9-8-18-17(12-27)21(26-25-18)15-4-3-5-16(23)10-15/h3-7,10-11,13H,8-9,12H2,1-2H3,(H,25,26). The highest BCUT2D eigenvalue weighted by molar-refractivity contribution is 6.30. The van der Waals surface area contributed by atoms with E-state index < -0.39 is 0 Å². The fourth-order valence-corrected chi connectivity index (χ4v) is 3.95. The summed E-state index contributed by atoms with van der Waals surface area (Å²) in [5, 5.41) is 8.45. The van der Waals surface area contributed by atoms with Gasteiger partial charge in [-0.1, -0.05) is 43.6 Å². The summed E-state index contributed by atoms with van der Waals surface area (Å²) >= 11 is 6.18. The summed E-state index contributed by atoms with van der Waals surface area (Å²) in [6, 6.07) is 14.7. The second kappa shape index (κ2) is 6.67. The monoisotopic (exact) mass is 392 g/mol. The number of halogens is 1. The number of H-pyrrole nitrogens is 1. The van der Waals surface area contributed by atoms with Crippen LogP contribution in [0.15, 0.2) is 46.9 Å². The normalized spacial score (nSPS) is 14.1. The van der Waals surface area contributed by atoms with Crippen LogP contribution in [0, 0.1) is 0 Å². The first-order chi connectivity index (χ1) is 13.6. The summed E-state index contributed by atoms with van der Waals surface area (Å²) < 4.78 is 6.06. The fourth-order valence-electron chi connectivity index (χ4n) is 3.76. The van der Waals surface area contributed by atoms with Crippen LogP contribution in [0.2, 0.25) is 5.02 Å². The summed E-state index contributed by atoms with van der Waals surface area (Å²) in [6.07, 6.45) is 0.874. The maximum atomic E-state index is 6.18. The Kier molecular flexibility index (Phi) is 4.13. The van der Waals surface area contributed by atoms with Crippen LogP contribution in [0.1, 0.15) is 36.6 Å². The SMILES string of the molecule is CC(C)c1ccc2oc(N3CCc4[nH]nc(-c5cccc(Cl)c5)c4C3)nc2c1. The summed E-state index contributed by atoms with van der Waals surface area (Å²) in [5.74, 6) is 0.466. The Bertz CT molecular complexity index is 1160. The van der Waals surface area contributed by atoms with Gasteiger partial charge in [0.1, 0.15) is 5.52 Å². The topological polar surface area (TPSA) is 58.0 Å². The van der Waals surface area contributed by atoms with Crippen molar-refractivity contribution >= 4 is 28.7 Å². The molecule has 2 aromatic heterocycles. The first kappa shape index (κ1) is 17.3. The molecule has 4 aromatic rings. The van der Waals surface area contributed by atoms with Gasteiger partial charge in [0.15, 0.2) is 5.58 Å². The van der Waals surface area contributed by atoms with E-state index in [-0.39, 0.29) is 0 Å². The predicted octanol–water partition coefficient (Wildman–Crippen LogP) is 5.56. The fraction of sp³-hybridized carbons (Fsp3) is 0.273. The van der Waals surface area contributed by atoms with Crippen molar-refractivity contribution in [2.75, 3.05) is 11.4 Å². The average molecular weight is 393 g/mol. The van der Waals surface area contributed by atoms with Crippen molar-refractivity contribution in [1.82, 2.24) is 15.2 Å². The van der Waals surface area contributed by atoms with E-state index in [0.29, 0.717) is 23.5 Å². The smallest absolute Gasteiger partial charge is 0.298 e. The zero-order valence-electron chi connectivity index (χ0n) is 15.9. The number of hydrogen-bond donors (Lipinski definition) is 1. The lowest BCUT2D eigenvalue weighted by Gasteiger charge is -2.25. The lowest BCUT2D eigenvalue weighted by molar-refractivity contribution is 0.553. The molecule has 0 amide bonds. The van der Waals surface area contributed by atoms with Gasteiger partial charge in [0.05, 0.1) is 12.2 Å². The predicted molar refractivity (Wildman–Crippen MR) is 112 cm³/mol. The average Bonchev–Trinajstić information content (AvgIpc) is 3.30. The Hall–Kier alpha value is -2.79. The van der Waals surface area contributed by atoms with Crippen LogP contribution in [0.5, 0.6) is 0 Å². The molecule has 5 rings (SSSR count). The zero-order valence-corrected chi connectivity index (χ0v) is 16.6. The van der Waals surface area contributed by atoms with Gasteiger partial charge >= 0.3 is 0 Å². The van der Waals surface area contributed by atoms with Gasteiger partial charge in [-0.05, 0) is 35.7 Å². The van der Waals surface area contributed by atoms with E-state index >= 15 is 0 Å². The molecule has 1 aliphatic rings. The zero-order chi connectivity index (χ0) is 19.3. The molecule has 142 valence electrons. The summed E-state index contributed by atoms with van der Waals surface area (Å²) in [4.78, 5) is 6.94. The van der Waals surface area contributed by atoms with Crippen LogP contribution < -0.4 is 4.90 Å². The quantitative estimate of drug-likeness (QED) is 0.496. The maximum Gasteiger partial charge on any atom is 0.298 e. The number of anilines is 1. The van der Waals surface area contributed by atoms with Crippen molar-refractivity contribution in [3.63, 3.8) is 0 Å². The van der Waals surface area contributed by atoms with Gasteiger partial charge in [0.25, 0.3) is 6.01 Å². The molecule has 28 heavy (non-hydrogen) atoms. The molecule has 1 aliphatic heterocycles. The van der Waals surface area contributed by atoms with Gasteiger partial charge < -0.3 is 9.32 Å². The Labute approximate surface area is 168 Å². The number of aromatic amines is 1. The molecule has 0 saturated carbocycles. The largest absolute Gasteiger partial charge is 0.423 e. The molecule has 0 atom stereocenters. The lowest BCUT2D eigenvalue weighted by atomic mass is 10.0. The van der Waals surface area contributed by atoms with Crippen molar-refractivity contribution in [1.29, 1.82) is 0 Å². The van der Waals surface area contributed by atoms with Crippen LogP contribution in [-0.4, -0.2) is 21.7 Å². The Balaban J connectivity index is 1.49. The second-order valence-corrected chi connectivity index (χ2v) is 8.03. The highest BCUT2D eigenvalue weighted by Crippen LogP contribution is 2.33. The van der Waals surface area contributed by atoms with Gasteiger partial charge in [-0.25, -0.2) is 0 Å². The number of benzene rings is 2. The van der Waals surface area contributed by atoms with Crippen molar-refractivity contribution in [2.45, 2.75) is 32.7 Å². The first-order valence-electron chi connectivity index (χ1n) is 9.56. The molecule has 0 fully saturated rings. The molecule has 0 spiro atoms. The molecule has 2 aromatic carbocycles. The second-order valence-electron chi connectivity index (χ2n) is 7.59. The number of oxazole rings is 1. The van der Waals surface area contributed by atoms with E-state index in [9.17, 15) is 0 Å². The highest BCUT2D eigenvalue weighted by atomic mass is 35.5. The number of rotatable bonds is 3. The van der Waals surface area contributed by atoms with E-state index in [1.54, 1.807) is 0 Å². The molecular weight excluding hydrogens is 372 g/mol. The van der Waals surface area contributed by atoms with Gasteiger partial charge in [-0.3, -0.25) is 5.10 Å². The van der Waals surface area contributed by atoms with E-state index in [2.05, 4.69) is 41.1 Å². The van der Waals surface area contributed by atoms with E-state index in [0.717, 1.165) is 35.3 Å². The molecule has 0 bridgehead atoms. The number of aromatic nitrogens is 3. The van der Waals surface area contributed by atoms with Gasteiger partial charge in [0.2, 0.25) is 0 Å². The minimum Gasteiger partial charge on any atom is -0.423 e. The minimum atomic E-state index is 0.466. The summed E-state index contributed by atoms with van der Waals surface area (Å²) in [6.45, 7) is 5.92. The molecule has 6 heteroatoms. The Morgan fingerprint density at radius 3 is 2.89 bits per heavy atom. The summed E-state index contributed by atoms with van der Waals surface area (Å²) in [5.41, 5.74) is 7.32. The van der Waals surface area contributed by atoms with Crippen molar-refractivity contribution in [2.24, 2.45) is 0 Å². The van der Waals surface area contributed by atoms with Crippen LogP contribution in [0.25, 0.3) is 22.4 Å². The van der Waals surface area contributed by atoms with Crippen LogP contribution in [0.3, 0.4) is 0 Å². The van der Waals surface area contributed by atoms with E-state index in [4.69, 9.17) is 21.0 Å². The summed E-state index contributed by atoms with van der Waals surface area (Å²) in [7, 11) is 0. The lowest BCUT2D eigenvalue weighted by Crippen LogP contribution is -2.30. The van der Waals surface area contributed by atoms with Crippen molar-refractivity contribution in [3.05, 3.63) is 64.3 Å². The molecular formula is C22H21ClN4O. The molecule has 0 aliphatic carbocycles. The third-order valence-electron chi connectivity index (χ3n) is 5.37. The molecule has 0 radical (unpaired) electrons. The van der Waals surface area contributed by atoms with Gasteiger partial charge in [-0.15, -0.1) is 0 Å². The van der Waals surface area contributed by atoms with Crippen molar-refractivity contribution < 1.29 is 4.42 Å². The van der Waals surface area contributed by atoms with Crippen LogP contribution in [-0.2, 0) is 13.0 Å². The maximum absolute atomic E-state index is 6.18. The number of fused-ring (bicyclic) bond motifs is 2. The molecule has 3 heterocycles. The van der Waals surface area contributed by atoms with E-state index in [1.807, 2.05) is 30.3 Å². The first-order valence-corrected chi connectivity index (χ1v) is 9.94. The van der Waals surface area contributed by atoms with Gasteiger partial charge in [-0.2, -0.15) is 10.1 Å². The highest BCUT2D eigenvalue weighted by Gasteiger charge is 2.25. The van der Waals surface area contributed by atoms with Crippen molar-refractivity contribution in [3.8, 4) is 11.3 Å². The number of nitrogens with one attached hydrogen (secondary N) is 1. The third kappa shape index (κ3) is 2.96. The number of hydrogen-bond acceptors (Lipinski definition) is 4. The number of nitrogens with zero attached hydrogens (tertiary/aromatic N) is 3. The van der Waals surface area contributed by atoms with Crippen LogP contribution >= 0.6 is 11.6 Å².